The van der Waals surface area contributed by atoms with Gasteiger partial charge in [-0.25, -0.2) is 0 Å². The van der Waals surface area contributed by atoms with Crippen molar-refractivity contribution < 1.29 is 9.21 Å². The van der Waals surface area contributed by atoms with E-state index in [2.05, 4.69) is 5.32 Å². The van der Waals surface area contributed by atoms with E-state index in [4.69, 9.17) is 16.0 Å². The second kappa shape index (κ2) is 5.21. The molecule has 1 heterocycles. The van der Waals surface area contributed by atoms with Gasteiger partial charge in [-0.2, -0.15) is 0 Å². The minimum Gasteiger partial charge on any atom is -0.469 e. The van der Waals surface area contributed by atoms with E-state index in [1.807, 2.05) is 13.8 Å². The van der Waals surface area contributed by atoms with E-state index in [9.17, 15) is 4.79 Å². The number of alkyl halides is 1. The molecule has 1 atom stereocenters. The van der Waals surface area contributed by atoms with Crippen molar-refractivity contribution in [1.82, 2.24) is 5.32 Å². The molecule has 1 unspecified atom stereocenters. The number of carbonyl (C=O) groups is 1. The zero-order chi connectivity index (χ0) is 11.4. The highest BCUT2D eigenvalue weighted by molar-refractivity contribution is 6.18. The van der Waals surface area contributed by atoms with Crippen molar-refractivity contribution in [3.8, 4) is 0 Å². The van der Waals surface area contributed by atoms with E-state index >= 15 is 0 Å². The zero-order valence-corrected chi connectivity index (χ0v) is 9.97. The van der Waals surface area contributed by atoms with Gasteiger partial charge in [0, 0.05) is 11.9 Å². The normalized spacial score (nSPS) is 12.9. The van der Waals surface area contributed by atoms with Crippen molar-refractivity contribution in [1.29, 1.82) is 0 Å². The number of aryl methyl sites for hydroxylation is 1. The predicted octanol–water partition coefficient (Wildman–Crippen LogP) is 2.58. The predicted molar refractivity (Wildman–Crippen MR) is 60.3 cm³/mol. The van der Waals surface area contributed by atoms with Crippen molar-refractivity contribution in [3.05, 3.63) is 23.7 Å². The van der Waals surface area contributed by atoms with E-state index in [-0.39, 0.29) is 11.9 Å². The van der Waals surface area contributed by atoms with Gasteiger partial charge in [-0.05, 0) is 18.9 Å². The van der Waals surface area contributed by atoms with Crippen molar-refractivity contribution >= 4 is 17.5 Å². The summed E-state index contributed by atoms with van der Waals surface area (Å²) in [6.45, 7) is 5.81. The molecule has 0 bridgehead atoms. The molecule has 0 spiro atoms. The Kier molecular flexibility index (Phi) is 4.21. The standard InChI is InChI=1S/C11H16ClNO2/c1-7(2)10(6-12)13-11(14)9-4-5-15-8(9)3/h4-5,7,10H,6H2,1-3H3,(H,13,14). The number of hydrogen-bond donors (Lipinski definition) is 1. The highest BCUT2D eigenvalue weighted by atomic mass is 35.5. The lowest BCUT2D eigenvalue weighted by molar-refractivity contribution is 0.0929. The molecular weight excluding hydrogens is 214 g/mol. The second-order valence-corrected chi connectivity index (χ2v) is 4.18. The Morgan fingerprint density at radius 1 is 1.60 bits per heavy atom. The average molecular weight is 230 g/mol. The summed E-state index contributed by atoms with van der Waals surface area (Å²) in [6.07, 6.45) is 1.51. The monoisotopic (exact) mass is 229 g/mol. The van der Waals surface area contributed by atoms with Gasteiger partial charge in [-0.15, -0.1) is 11.6 Å². The summed E-state index contributed by atoms with van der Waals surface area (Å²) in [5.74, 6) is 1.24. The lowest BCUT2D eigenvalue weighted by atomic mass is 10.1. The number of furan rings is 1. The Morgan fingerprint density at radius 2 is 2.27 bits per heavy atom. The molecule has 0 aliphatic rings. The maximum atomic E-state index is 11.8. The van der Waals surface area contributed by atoms with Crippen LogP contribution in [-0.2, 0) is 0 Å². The SMILES string of the molecule is Cc1occc1C(=O)NC(CCl)C(C)C. The molecule has 3 nitrogen and oxygen atoms in total. The molecule has 0 saturated heterocycles. The molecule has 0 radical (unpaired) electrons. The Bertz CT molecular complexity index is 333. The number of carbonyl (C=O) groups excluding carboxylic acids is 1. The topological polar surface area (TPSA) is 42.2 Å². The van der Waals surface area contributed by atoms with Gasteiger partial charge in [0.05, 0.1) is 11.8 Å². The molecule has 15 heavy (non-hydrogen) atoms. The smallest absolute Gasteiger partial charge is 0.255 e. The van der Waals surface area contributed by atoms with Crippen LogP contribution < -0.4 is 5.32 Å². The van der Waals surface area contributed by atoms with Crippen LogP contribution in [0.5, 0.6) is 0 Å². The minimum absolute atomic E-state index is 0.00605. The van der Waals surface area contributed by atoms with E-state index in [1.54, 1.807) is 13.0 Å². The number of amides is 1. The molecule has 4 heteroatoms. The largest absolute Gasteiger partial charge is 0.469 e. The lowest BCUT2D eigenvalue weighted by Crippen LogP contribution is -2.39. The summed E-state index contributed by atoms with van der Waals surface area (Å²) >= 11 is 5.77. The van der Waals surface area contributed by atoms with Gasteiger partial charge < -0.3 is 9.73 Å². The fourth-order valence-corrected chi connectivity index (χ4v) is 1.68. The van der Waals surface area contributed by atoms with Crippen LogP contribution in [0.15, 0.2) is 16.7 Å². The fourth-order valence-electron chi connectivity index (χ4n) is 1.25. The summed E-state index contributed by atoms with van der Waals surface area (Å²) in [5.41, 5.74) is 0.575. The van der Waals surface area contributed by atoms with Gasteiger partial charge >= 0.3 is 0 Å². The maximum Gasteiger partial charge on any atom is 0.255 e. The number of halogens is 1. The Labute approximate surface area is 94.8 Å². The fraction of sp³-hybridized carbons (Fsp3) is 0.545. The van der Waals surface area contributed by atoms with Crippen LogP contribution in [0.4, 0.5) is 0 Å². The lowest BCUT2D eigenvalue weighted by Gasteiger charge is -2.19. The molecular formula is C11H16ClNO2. The highest BCUT2D eigenvalue weighted by Gasteiger charge is 2.18. The van der Waals surface area contributed by atoms with Crippen LogP contribution in [0.3, 0.4) is 0 Å². The van der Waals surface area contributed by atoms with Gasteiger partial charge in [0.25, 0.3) is 5.91 Å². The first-order chi connectivity index (χ1) is 7.06. The zero-order valence-electron chi connectivity index (χ0n) is 9.21. The Hall–Kier alpha value is -0.960. The number of hydrogen-bond acceptors (Lipinski definition) is 2. The van der Waals surface area contributed by atoms with Crippen molar-refractivity contribution in [2.45, 2.75) is 26.8 Å². The molecule has 0 aromatic carbocycles. The van der Waals surface area contributed by atoms with Gasteiger partial charge in [0.15, 0.2) is 0 Å². The van der Waals surface area contributed by atoms with Crippen LogP contribution in [0.2, 0.25) is 0 Å². The third-order valence-electron chi connectivity index (χ3n) is 2.39. The molecule has 1 amide bonds. The van der Waals surface area contributed by atoms with E-state index in [0.29, 0.717) is 23.1 Å². The average Bonchev–Trinajstić information content (AvgIpc) is 2.60. The first-order valence-electron chi connectivity index (χ1n) is 4.97. The van der Waals surface area contributed by atoms with E-state index < -0.39 is 0 Å². The van der Waals surface area contributed by atoms with Crippen molar-refractivity contribution in [2.75, 3.05) is 5.88 Å². The Balaban J connectivity index is 2.67. The molecule has 0 aliphatic heterocycles. The van der Waals surface area contributed by atoms with Crippen LogP contribution >= 0.6 is 11.6 Å². The minimum atomic E-state index is -0.124. The quantitative estimate of drug-likeness (QED) is 0.807. The molecule has 0 fully saturated rings. The third-order valence-corrected chi connectivity index (χ3v) is 2.72. The first-order valence-corrected chi connectivity index (χ1v) is 5.50. The van der Waals surface area contributed by atoms with Gasteiger partial charge in [0.1, 0.15) is 5.76 Å². The summed E-state index contributed by atoms with van der Waals surface area (Å²) in [6, 6.07) is 1.66. The Morgan fingerprint density at radius 3 is 2.67 bits per heavy atom. The van der Waals surface area contributed by atoms with Gasteiger partial charge in [0.2, 0.25) is 0 Å². The number of rotatable bonds is 4. The van der Waals surface area contributed by atoms with Crippen LogP contribution in [0.1, 0.15) is 30.0 Å². The molecule has 1 aromatic rings. The summed E-state index contributed by atoms with van der Waals surface area (Å²) < 4.78 is 5.07. The van der Waals surface area contributed by atoms with Crippen molar-refractivity contribution in [3.63, 3.8) is 0 Å². The molecule has 0 aliphatic carbocycles. The van der Waals surface area contributed by atoms with Gasteiger partial charge in [-0.3, -0.25) is 4.79 Å². The van der Waals surface area contributed by atoms with Crippen LogP contribution in [0.25, 0.3) is 0 Å². The molecule has 1 aromatic heterocycles. The van der Waals surface area contributed by atoms with Crippen molar-refractivity contribution in [2.24, 2.45) is 5.92 Å². The summed E-state index contributed by atoms with van der Waals surface area (Å²) in [4.78, 5) is 11.8. The third kappa shape index (κ3) is 2.99. The van der Waals surface area contributed by atoms with E-state index in [1.165, 1.54) is 6.26 Å². The highest BCUT2D eigenvalue weighted by Crippen LogP contribution is 2.10. The first kappa shape index (κ1) is 12.1. The summed E-state index contributed by atoms with van der Waals surface area (Å²) in [5, 5.41) is 2.88. The molecule has 1 rings (SSSR count). The summed E-state index contributed by atoms with van der Waals surface area (Å²) in [7, 11) is 0. The molecule has 1 N–H and O–H groups in total. The molecule has 84 valence electrons. The maximum absolute atomic E-state index is 11.8. The molecule has 0 saturated carbocycles. The second-order valence-electron chi connectivity index (χ2n) is 3.87. The van der Waals surface area contributed by atoms with Crippen LogP contribution in [-0.4, -0.2) is 17.8 Å². The van der Waals surface area contributed by atoms with Gasteiger partial charge in [-0.1, -0.05) is 13.8 Å². The van der Waals surface area contributed by atoms with Crippen LogP contribution in [0, 0.1) is 12.8 Å². The van der Waals surface area contributed by atoms with E-state index in [0.717, 1.165) is 0 Å². The number of nitrogens with one attached hydrogen (secondary N) is 1.